The molecule has 1 N–H and O–H groups in total. The van der Waals surface area contributed by atoms with Gasteiger partial charge in [-0.3, -0.25) is 0 Å². The Balaban J connectivity index is 1.51. The number of anilines is 1. The van der Waals surface area contributed by atoms with E-state index < -0.39 is 5.97 Å². The number of aromatic carboxylic acids is 1. The third kappa shape index (κ3) is 2.65. The second kappa shape index (κ2) is 5.85. The molecule has 4 rings (SSSR count). The number of hydrogen-bond acceptors (Lipinski definition) is 4. The van der Waals surface area contributed by atoms with Crippen LogP contribution in [0, 0.1) is 0 Å². The molecule has 0 bridgehead atoms. The zero-order chi connectivity index (χ0) is 16.5. The van der Waals surface area contributed by atoms with Gasteiger partial charge in [-0.25, -0.2) is 4.79 Å². The van der Waals surface area contributed by atoms with Gasteiger partial charge in [0.05, 0.1) is 0 Å². The smallest absolute Gasteiger partial charge is 0.374 e. The van der Waals surface area contributed by atoms with E-state index in [2.05, 4.69) is 34.3 Å². The summed E-state index contributed by atoms with van der Waals surface area (Å²) in [5.41, 5.74) is 5.29. The molecule has 0 fully saturated rings. The number of hydrogen-bond donors (Lipinski definition) is 1. The van der Waals surface area contributed by atoms with Gasteiger partial charge in [-0.1, -0.05) is 47.6 Å². The molecule has 0 saturated carbocycles. The third-order valence-electron chi connectivity index (χ3n) is 4.33. The van der Waals surface area contributed by atoms with Gasteiger partial charge >= 0.3 is 5.97 Å². The van der Waals surface area contributed by atoms with Gasteiger partial charge in [-0.2, -0.15) is 0 Å². The van der Waals surface area contributed by atoms with Crippen molar-refractivity contribution in [3.8, 4) is 11.3 Å². The van der Waals surface area contributed by atoms with E-state index in [0.717, 1.165) is 25.1 Å². The minimum Gasteiger partial charge on any atom is -0.475 e. The van der Waals surface area contributed by atoms with Crippen LogP contribution in [0.3, 0.4) is 0 Å². The van der Waals surface area contributed by atoms with Gasteiger partial charge in [-0.15, -0.1) is 0 Å². The molecule has 1 aliphatic heterocycles. The standard InChI is InChI=1S/C19H16N2O3/c22-19(23)18-11-16(20-24-18)14-7-5-13(6-8-14)12-21-10-9-15-3-1-2-4-17(15)21/h1-8,11H,9-10,12H2,(H,22,23). The molecule has 5 nitrogen and oxygen atoms in total. The highest BCUT2D eigenvalue weighted by molar-refractivity contribution is 5.85. The zero-order valence-corrected chi connectivity index (χ0v) is 13.0. The van der Waals surface area contributed by atoms with Crippen LogP contribution < -0.4 is 4.90 Å². The minimum atomic E-state index is -1.11. The van der Waals surface area contributed by atoms with E-state index in [1.165, 1.54) is 22.9 Å². The quantitative estimate of drug-likeness (QED) is 0.795. The lowest BCUT2D eigenvalue weighted by Gasteiger charge is -2.19. The Morgan fingerprint density at radius 2 is 1.96 bits per heavy atom. The lowest BCUT2D eigenvalue weighted by atomic mass is 10.1. The molecule has 2 heterocycles. The van der Waals surface area contributed by atoms with Crippen molar-refractivity contribution in [1.29, 1.82) is 0 Å². The number of carbonyl (C=O) groups is 1. The molecule has 5 heteroatoms. The number of benzene rings is 2. The lowest BCUT2D eigenvalue weighted by molar-refractivity contribution is 0.0652. The second-order valence-electron chi connectivity index (χ2n) is 5.88. The van der Waals surface area contributed by atoms with E-state index in [1.54, 1.807) is 0 Å². The Kier molecular flexibility index (Phi) is 3.54. The normalized spacial score (nSPS) is 13.1. The summed E-state index contributed by atoms with van der Waals surface area (Å²) >= 11 is 0. The van der Waals surface area contributed by atoms with E-state index in [9.17, 15) is 4.79 Å². The fourth-order valence-electron chi connectivity index (χ4n) is 3.08. The molecule has 0 amide bonds. The Bertz CT molecular complexity index is 884. The SMILES string of the molecule is O=C(O)c1cc(-c2ccc(CN3CCc4ccccc43)cc2)no1. The molecule has 1 aromatic heterocycles. The monoisotopic (exact) mass is 320 g/mol. The van der Waals surface area contributed by atoms with Crippen LogP contribution in [-0.2, 0) is 13.0 Å². The molecule has 0 radical (unpaired) electrons. The Labute approximate surface area is 139 Å². The summed E-state index contributed by atoms with van der Waals surface area (Å²) in [6, 6.07) is 17.9. The van der Waals surface area contributed by atoms with Gasteiger partial charge in [0.25, 0.3) is 0 Å². The zero-order valence-electron chi connectivity index (χ0n) is 13.0. The van der Waals surface area contributed by atoms with E-state index in [-0.39, 0.29) is 5.76 Å². The van der Waals surface area contributed by atoms with Crippen molar-refractivity contribution in [3.05, 3.63) is 71.5 Å². The fourth-order valence-corrected chi connectivity index (χ4v) is 3.08. The molecule has 24 heavy (non-hydrogen) atoms. The maximum absolute atomic E-state index is 10.9. The Hall–Kier alpha value is -3.08. The van der Waals surface area contributed by atoms with Crippen molar-refractivity contribution in [1.82, 2.24) is 5.16 Å². The molecule has 0 saturated heterocycles. The summed E-state index contributed by atoms with van der Waals surface area (Å²) in [7, 11) is 0. The van der Waals surface area contributed by atoms with Crippen LogP contribution in [0.5, 0.6) is 0 Å². The number of nitrogens with zero attached hydrogens (tertiary/aromatic N) is 2. The van der Waals surface area contributed by atoms with Crippen molar-refractivity contribution in [3.63, 3.8) is 0 Å². The van der Waals surface area contributed by atoms with Crippen LogP contribution in [0.2, 0.25) is 0 Å². The van der Waals surface area contributed by atoms with Crippen LogP contribution >= 0.6 is 0 Å². The van der Waals surface area contributed by atoms with Crippen LogP contribution in [0.1, 0.15) is 21.7 Å². The van der Waals surface area contributed by atoms with Gasteiger partial charge in [0, 0.05) is 30.4 Å². The molecule has 0 unspecified atom stereocenters. The molecular weight excluding hydrogens is 304 g/mol. The van der Waals surface area contributed by atoms with E-state index in [4.69, 9.17) is 9.63 Å². The first-order chi connectivity index (χ1) is 11.7. The van der Waals surface area contributed by atoms with E-state index >= 15 is 0 Å². The van der Waals surface area contributed by atoms with Crippen molar-refractivity contribution in [2.45, 2.75) is 13.0 Å². The summed E-state index contributed by atoms with van der Waals surface area (Å²) in [4.78, 5) is 13.2. The maximum Gasteiger partial charge on any atom is 0.374 e. The highest BCUT2D eigenvalue weighted by atomic mass is 16.5. The van der Waals surface area contributed by atoms with E-state index in [0.29, 0.717) is 5.69 Å². The summed E-state index contributed by atoms with van der Waals surface area (Å²) in [5.74, 6) is -1.26. The van der Waals surface area contributed by atoms with Crippen LogP contribution in [0.4, 0.5) is 5.69 Å². The summed E-state index contributed by atoms with van der Waals surface area (Å²) in [6.07, 6.45) is 1.09. The second-order valence-corrected chi connectivity index (χ2v) is 5.88. The number of fused-ring (bicyclic) bond motifs is 1. The van der Waals surface area contributed by atoms with Crippen LogP contribution in [0.25, 0.3) is 11.3 Å². The number of rotatable bonds is 4. The van der Waals surface area contributed by atoms with Crippen molar-refractivity contribution in [2.24, 2.45) is 0 Å². The maximum atomic E-state index is 10.9. The van der Waals surface area contributed by atoms with E-state index in [1.807, 2.05) is 24.3 Å². The number of carboxylic acid groups (broad SMARTS) is 1. The van der Waals surface area contributed by atoms with Crippen molar-refractivity contribution in [2.75, 3.05) is 11.4 Å². The highest BCUT2D eigenvalue weighted by Crippen LogP contribution is 2.29. The first-order valence-electron chi connectivity index (χ1n) is 7.83. The number of carboxylic acids is 1. The summed E-state index contributed by atoms with van der Waals surface area (Å²) in [6.45, 7) is 1.89. The van der Waals surface area contributed by atoms with Gasteiger partial charge < -0.3 is 14.5 Å². The van der Waals surface area contributed by atoms with Crippen LogP contribution in [-0.4, -0.2) is 22.8 Å². The predicted molar refractivity (Wildman–Crippen MR) is 90.1 cm³/mol. The van der Waals surface area contributed by atoms with Gasteiger partial charge in [0.2, 0.25) is 5.76 Å². The molecule has 1 aliphatic rings. The Morgan fingerprint density at radius 3 is 2.71 bits per heavy atom. The average Bonchev–Trinajstić information content (AvgIpc) is 3.24. The fraction of sp³-hybridized carbons (Fsp3) is 0.158. The van der Waals surface area contributed by atoms with Gasteiger partial charge in [-0.05, 0) is 23.6 Å². The first-order valence-corrected chi connectivity index (χ1v) is 7.83. The molecule has 0 aliphatic carbocycles. The Morgan fingerprint density at radius 1 is 1.17 bits per heavy atom. The topological polar surface area (TPSA) is 66.6 Å². The highest BCUT2D eigenvalue weighted by Gasteiger charge is 2.18. The van der Waals surface area contributed by atoms with Gasteiger partial charge in [0.1, 0.15) is 5.69 Å². The molecule has 0 spiro atoms. The molecule has 0 atom stereocenters. The molecule has 3 aromatic rings. The molecule has 120 valence electrons. The first kappa shape index (κ1) is 14.5. The minimum absolute atomic E-state index is 0.150. The summed E-state index contributed by atoms with van der Waals surface area (Å²) < 4.78 is 4.80. The molecule has 2 aromatic carbocycles. The van der Waals surface area contributed by atoms with Crippen molar-refractivity contribution >= 4 is 11.7 Å². The largest absolute Gasteiger partial charge is 0.475 e. The third-order valence-corrected chi connectivity index (χ3v) is 4.33. The van der Waals surface area contributed by atoms with Gasteiger partial charge in [0.15, 0.2) is 0 Å². The lowest BCUT2D eigenvalue weighted by Crippen LogP contribution is -2.19. The average molecular weight is 320 g/mol. The summed E-state index contributed by atoms with van der Waals surface area (Å²) in [5, 5.41) is 12.7. The number of para-hydroxylation sites is 1. The predicted octanol–water partition coefficient (Wildman–Crippen LogP) is 3.60. The molecular formula is C19H16N2O3. The van der Waals surface area contributed by atoms with Crippen LogP contribution in [0.15, 0.2) is 59.1 Å². The van der Waals surface area contributed by atoms with Crippen molar-refractivity contribution < 1.29 is 14.4 Å². The number of aromatic nitrogens is 1.